The Hall–Kier alpha value is -1.82. The number of ether oxygens (including phenoxy) is 1. The highest BCUT2D eigenvalue weighted by Gasteiger charge is 2.34. The number of H-pyrrole nitrogens is 1. The zero-order valence-corrected chi connectivity index (χ0v) is 19.6. The summed E-state index contributed by atoms with van der Waals surface area (Å²) in [6.07, 6.45) is 5.84. The van der Waals surface area contributed by atoms with Gasteiger partial charge in [-0.2, -0.15) is 9.40 Å². The average molecular weight is 488 g/mol. The van der Waals surface area contributed by atoms with Gasteiger partial charge in [0.05, 0.1) is 23.6 Å². The molecule has 0 atom stereocenters. The molecule has 9 nitrogen and oxygen atoms in total. The van der Waals surface area contributed by atoms with Gasteiger partial charge in [-0.1, -0.05) is 42.6 Å². The number of aromatic nitrogens is 3. The molecule has 0 unspecified atom stereocenters. The highest BCUT2D eigenvalue weighted by atomic mass is 35.5. The molecular weight excluding hydrogens is 462 g/mol. The van der Waals surface area contributed by atoms with Gasteiger partial charge in [-0.05, 0) is 31.0 Å². The molecule has 170 valence electrons. The third-order valence-electron chi connectivity index (χ3n) is 5.07. The molecule has 1 amide bonds. The molecule has 0 radical (unpaired) electrons. The summed E-state index contributed by atoms with van der Waals surface area (Å²) in [7, 11) is -2.44. The summed E-state index contributed by atoms with van der Waals surface area (Å²) in [5.74, 6) is 0.643. The van der Waals surface area contributed by atoms with Crippen LogP contribution in [0.1, 0.15) is 32.1 Å². The average Bonchev–Trinajstić information content (AvgIpc) is 3.29. The van der Waals surface area contributed by atoms with E-state index < -0.39 is 10.0 Å². The number of aromatic amines is 1. The molecule has 31 heavy (non-hydrogen) atoms. The number of halogens is 1. The van der Waals surface area contributed by atoms with Gasteiger partial charge in [0, 0.05) is 18.3 Å². The molecule has 12 heteroatoms. The van der Waals surface area contributed by atoms with Crippen LogP contribution in [0.2, 0.25) is 5.02 Å². The topological polar surface area (TPSA) is 117 Å². The van der Waals surface area contributed by atoms with Crippen molar-refractivity contribution in [2.75, 3.05) is 26.0 Å². The van der Waals surface area contributed by atoms with Crippen molar-refractivity contribution in [2.24, 2.45) is 0 Å². The van der Waals surface area contributed by atoms with Crippen molar-refractivity contribution < 1.29 is 17.9 Å². The van der Waals surface area contributed by atoms with Crippen LogP contribution in [-0.2, 0) is 14.8 Å². The van der Waals surface area contributed by atoms with Crippen LogP contribution in [-0.4, -0.2) is 65.8 Å². The van der Waals surface area contributed by atoms with Crippen molar-refractivity contribution in [3.8, 4) is 5.75 Å². The van der Waals surface area contributed by atoms with Crippen LogP contribution in [0.5, 0.6) is 5.75 Å². The minimum atomic E-state index is -3.91. The van der Waals surface area contributed by atoms with Crippen molar-refractivity contribution in [2.45, 2.75) is 48.2 Å². The number of amides is 1. The molecule has 1 heterocycles. The molecule has 1 aliphatic carbocycles. The molecule has 2 aromatic rings. The van der Waals surface area contributed by atoms with Gasteiger partial charge in [-0.15, -0.1) is 0 Å². The largest absolute Gasteiger partial charge is 0.495 e. The highest BCUT2D eigenvalue weighted by Crippen LogP contribution is 2.31. The molecule has 1 aromatic carbocycles. The van der Waals surface area contributed by atoms with E-state index in [1.807, 2.05) is 0 Å². The predicted octanol–water partition coefficient (Wildman–Crippen LogP) is 2.70. The Kier molecular flexibility index (Phi) is 8.58. The zero-order chi connectivity index (χ0) is 22.3. The SMILES string of the molecule is COc1ccc(S(=O)(=O)N(CC(=O)NCCSc2ncn[nH]2)C2CCCCC2)cc1Cl. The molecule has 0 spiro atoms. The molecule has 1 aromatic heterocycles. The molecule has 0 bridgehead atoms. The van der Waals surface area contributed by atoms with Crippen molar-refractivity contribution in [3.63, 3.8) is 0 Å². The fourth-order valence-corrected chi connectivity index (χ4v) is 6.15. The van der Waals surface area contributed by atoms with Crippen LogP contribution in [0.4, 0.5) is 0 Å². The van der Waals surface area contributed by atoms with Crippen LogP contribution < -0.4 is 10.1 Å². The van der Waals surface area contributed by atoms with E-state index in [9.17, 15) is 13.2 Å². The summed E-state index contributed by atoms with van der Waals surface area (Å²) < 4.78 is 33.3. The van der Waals surface area contributed by atoms with Gasteiger partial charge in [-0.3, -0.25) is 9.89 Å². The minimum absolute atomic E-state index is 0.0533. The molecule has 1 aliphatic rings. The lowest BCUT2D eigenvalue weighted by atomic mass is 9.95. The smallest absolute Gasteiger partial charge is 0.243 e. The monoisotopic (exact) mass is 487 g/mol. The number of methoxy groups -OCH3 is 1. The van der Waals surface area contributed by atoms with E-state index >= 15 is 0 Å². The molecule has 1 saturated carbocycles. The molecule has 0 saturated heterocycles. The predicted molar refractivity (Wildman–Crippen MR) is 119 cm³/mol. The maximum atomic E-state index is 13.4. The Morgan fingerprint density at radius 1 is 1.35 bits per heavy atom. The van der Waals surface area contributed by atoms with E-state index in [-0.39, 0.29) is 28.4 Å². The van der Waals surface area contributed by atoms with E-state index in [0.717, 1.165) is 32.1 Å². The normalized spacial score (nSPS) is 15.2. The van der Waals surface area contributed by atoms with Gasteiger partial charge in [0.2, 0.25) is 15.9 Å². The van der Waals surface area contributed by atoms with E-state index in [2.05, 4.69) is 20.5 Å². The Morgan fingerprint density at radius 3 is 2.77 bits per heavy atom. The molecule has 2 N–H and O–H groups in total. The van der Waals surface area contributed by atoms with Gasteiger partial charge >= 0.3 is 0 Å². The van der Waals surface area contributed by atoms with E-state index in [1.54, 1.807) is 0 Å². The Balaban J connectivity index is 1.69. The second-order valence-corrected chi connectivity index (χ2v) is 10.5. The first-order valence-corrected chi connectivity index (χ1v) is 12.8. The first kappa shape index (κ1) is 23.8. The number of sulfonamides is 1. The summed E-state index contributed by atoms with van der Waals surface area (Å²) in [5.41, 5.74) is 0. The lowest BCUT2D eigenvalue weighted by Crippen LogP contribution is -2.47. The standard InChI is InChI=1S/C19H26ClN5O4S2/c1-29-17-8-7-15(11-16(17)20)31(27,28)25(14-5-3-2-4-6-14)12-18(26)21-9-10-30-19-22-13-23-24-19/h7-8,11,13-14H,2-6,9-10,12H2,1H3,(H,21,26)(H,22,23,24). The lowest BCUT2D eigenvalue weighted by Gasteiger charge is -2.33. The van der Waals surface area contributed by atoms with E-state index in [4.69, 9.17) is 16.3 Å². The number of rotatable bonds is 10. The lowest BCUT2D eigenvalue weighted by molar-refractivity contribution is -0.121. The number of hydrogen-bond donors (Lipinski definition) is 2. The third kappa shape index (κ3) is 6.34. The maximum Gasteiger partial charge on any atom is 0.243 e. The molecular formula is C19H26ClN5O4S2. The van der Waals surface area contributed by atoms with Gasteiger partial charge < -0.3 is 10.1 Å². The number of hydrogen-bond acceptors (Lipinski definition) is 7. The van der Waals surface area contributed by atoms with Gasteiger partial charge in [0.1, 0.15) is 12.1 Å². The van der Waals surface area contributed by atoms with Gasteiger partial charge in [0.15, 0.2) is 5.16 Å². The Bertz CT molecular complexity index is 966. The van der Waals surface area contributed by atoms with Gasteiger partial charge in [0.25, 0.3) is 0 Å². The molecule has 1 fully saturated rings. The zero-order valence-electron chi connectivity index (χ0n) is 17.2. The third-order valence-corrected chi connectivity index (χ3v) is 8.14. The van der Waals surface area contributed by atoms with Gasteiger partial charge in [-0.25, -0.2) is 13.4 Å². The number of carbonyl (C=O) groups excluding carboxylic acids is 1. The second kappa shape index (κ2) is 11.2. The van der Waals surface area contributed by atoms with Crippen molar-refractivity contribution in [1.82, 2.24) is 24.8 Å². The van der Waals surface area contributed by atoms with Crippen molar-refractivity contribution in [3.05, 3.63) is 29.5 Å². The Labute approximate surface area is 191 Å². The number of nitrogens with zero attached hydrogens (tertiary/aromatic N) is 3. The number of nitrogens with one attached hydrogen (secondary N) is 2. The van der Waals surface area contributed by atoms with Crippen LogP contribution in [0.3, 0.4) is 0 Å². The molecule has 3 rings (SSSR count). The van der Waals surface area contributed by atoms with Crippen molar-refractivity contribution >= 4 is 39.3 Å². The first-order valence-electron chi connectivity index (χ1n) is 10.0. The summed E-state index contributed by atoms with van der Waals surface area (Å²) in [6.45, 7) is 0.154. The quantitative estimate of drug-likeness (QED) is 0.390. The van der Waals surface area contributed by atoms with Crippen molar-refractivity contribution in [1.29, 1.82) is 0 Å². The first-order chi connectivity index (χ1) is 14.9. The highest BCUT2D eigenvalue weighted by molar-refractivity contribution is 7.99. The van der Waals surface area contributed by atoms with Crippen LogP contribution in [0.15, 0.2) is 34.6 Å². The number of carbonyl (C=O) groups is 1. The van der Waals surface area contributed by atoms with Crippen LogP contribution >= 0.6 is 23.4 Å². The summed E-state index contributed by atoms with van der Waals surface area (Å²) in [5, 5.41) is 10.2. The second-order valence-electron chi connectivity index (χ2n) is 7.13. The fourth-order valence-electron chi connectivity index (χ4n) is 3.52. The Morgan fingerprint density at radius 2 is 2.13 bits per heavy atom. The van der Waals surface area contributed by atoms with E-state index in [1.165, 1.54) is 47.7 Å². The maximum absolute atomic E-state index is 13.4. The number of benzene rings is 1. The van der Waals surface area contributed by atoms with Crippen LogP contribution in [0.25, 0.3) is 0 Å². The summed E-state index contributed by atoms with van der Waals surface area (Å²) in [6, 6.07) is 4.14. The molecule has 0 aliphatic heterocycles. The van der Waals surface area contributed by atoms with Crippen LogP contribution in [0, 0.1) is 0 Å². The summed E-state index contributed by atoms with van der Waals surface area (Å²) >= 11 is 7.58. The minimum Gasteiger partial charge on any atom is -0.495 e. The summed E-state index contributed by atoms with van der Waals surface area (Å²) in [4.78, 5) is 16.7. The number of thioether (sulfide) groups is 1. The van der Waals surface area contributed by atoms with E-state index in [0.29, 0.717) is 23.2 Å². The fraction of sp³-hybridized carbons (Fsp3) is 0.526.